The minimum atomic E-state index is -0.806. The van der Waals surface area contributed by atoms with Crippen LogP contribution in [0.4, 0.5) is 0 Å². The Kier molecular flexibility index (Phi) is 2.93. The molecule has 86 valence electrons. The average molecular weight is 285 g/mol. The van der Waals surface area contributed by atoms with Crippen molar-refractivity contribution < 1.29 is 15.0 Å². The van der Waals surface area contributed by atoms with Gasteiger partial charge >= 0.3 is 5.97 Å². The Morgan fingerprint density at radius 1 is 1.44 bits per heavy atom. The Bertz CT molecular complexity index is 424. The molecule has 1 fully saturated rings. The lowest BCUT2D eigenvalue weighted by Crippen LogP contribution is -2.36. The highest BCUT2D eigenvalue weighted by Crippen LogP contribution is 2.49. The molecule has 1 aromatic rings. The first-order valence-electron chi connectivity index (χ1n) is 5.24. The predicted molar refractivity (Wildman–Crippen MR) is 63.6 cm³/mol. The van der Waals surface area contributed by atoms with Gasteiger partial charge in [-0.05, 0) is 31.0 Å². The molecule has 1 saturated carbocycles. The van der Waals surface area contributed by atoms with Crippen LogP contribution in [-0.4, -0.2) is 16.2 Å². The summed E-state index contributed by atoms with van der Waals surface area (Å²) >= 11 is 3.35. The van der Waals surface area contributed by atoms with Crippen LogP contribution in [0.3, 0.4) is 0 Å². The quantitative estimate of drug-likeness (QED) is 0.897. The molecule has 2 rings (SSSR count). The Morgan fingerprint density at radius 2 is 2.12 bits per heavy atom. The number of carboxylic acid groups (broad SMARTS) is 1. The zero-order chi connectivity index (χ0) is 11.8. The summed E-state index contributed by atoms with van der Waals surface area (Å²) in [6.07, 6.45) is 2.79. The van der Waals surface area contributed by atoms with Gasteiger partial charge in [0.05, 0.1) is 6.42 Å². The lowest BCUT2D eigenvalue weighted by molar-refractivity contribution is -0.139. The van der Waals surface area contributed by atoms with Gasteiger partial charge in [0, 0.05) is 15.5 Å². The predicted octanol–water partition coefficient (Wildman–Crippen LogP) is 3.05. The highest BCUT2D eigenvalue weighted by Gasteiger charge is 2.42. The van der Waals surface area contributed by atoms with E-state index in [-0.39, 0.29) is 17.6 Å². The molecule has 3 nitrogen and oxygen atoms in total. The van der Waals surface area contributed by atoms with E-state index in [1.807, 2.05) is 6.07 Å². The molecule has 0 amide bonds. The van der Waals surface area contributed by atoms with Gasteiger partial charge in [0.1, 0.15) is 5.75 Å². The summed E-state index contributed by atoms with van der Waals surface area (Å²) < 4.78 is 0.872. The van der Waals surface area contributed by atoms with Gasteiger partial charge in [0.2, 0.25) is 0 Å². The van der Waals surface area contributed by atoms with Gasteiger partial charge in [-0.1, -0.05) is 22.4 Å². The van der Waals surface area contributed by atoms with E-state index in [0.717, 1.165) is 29.3 Å². The number of hydrogen-bond acceptors (Lipinski definition) is 2. The monoisotopic (exact) mass is 284 g/mol. The van der Waals surface area contributed by atoms with Crippen molar-refractivity contribution in [2.24, 2.45) is 0 Å². The highest BCUT2D eigenvalue weighted by molar-refractivity contribution is 9.10. The number of rotatable bonds is 3. The number of aromatic hydroxyl groups is 1. The standard InChI is InChI=1S/C12H13BrO3/c13-8-2-3-10(14)9(6-8)12(4-1-5-12)7-11(15)16/h2-3,6,14H,1,4-5,7H2,(H,15,16). The Hall–Kier alpha value is -1.03. The molecule has 2 N–H and O–H groups in total. The van der Waals surface area contributed by atoms with E-state index in [2.05, 4.69) is 15.9 Å². The smallest absolute Gasteiger partial charge is 0.304 e. The molecule has 0 radical (unpaired) electrons. The van der Waals surface area contributed by atoms with Crippen molar-refractivity contribution in [1.82, 2.24) is 0 Å². The largest absolute Gasteiger partial charge is 0.508 e. The molecule has 0 aromatic heterocycles. The molecule has 0 bridgehead atoms. The third-order valence-corrected chi connectivity index (χ3v) is 3.82. The van der Waals surface area contributed by atoms with Gasteiger partial charge in [-0.2, -0.15) is 0 Å². The summed E-state index contributed by atoms with van der Waals surface area (Å²) in [5, 5.41) is 18.8. The topological polar surface area (TPSA) is 57.5 Å². The molecule has 0 aliphatic heterocycles. The minimum absolute atomic E-state index is 0.0943. The van der Waals surface area contributed by atoms with Gasteiger partial charge in [-0.15, -0.1) is 0 Å². The number of hydrogen-bond donors (Lipinski definition) is 2. The van der Waals surface area contributed by atoms with E-state index in [1.54, 1.807) is 12.1 Å². The van der Waals surface area contributed by atoms with Crippen LogP contribution in [0, 0.1) is 0 Å². The first-order valence-corrected chi connectivity index (χ1v) is 6.04. The molecular formula is C12H13BrO3. The molecule has 4 heteroatoms. The van der Waals surface area contributed by atoms with Crippen molar-refractivity contribution in [2.75, 3.05) is 0 Å². The van der Waals surface area contributed by atoms with Crippen molar-refractivity contribution in [1.29, 1.82) is 0 Å². The van der Waals surface area contributed by atoms with E-state index in [1.165, 1.54) is 0 Å². The second-order valence-corrected chi connectivity index (χ2v) is 5.28. The maximum atomic E-state index is 10.9. The van der Waals surface area contributed by atoms with Crippen LogP contribution in [0.25, 0.3) is 0 Å². The maximum Gasteiger partial charge on any atom is 0.304 e. The number of aliphatic carboxylic acids is 1. The molecule has 1 aliphatic carbocycles. The van der Waals surface area contributed by atoms with Crippen LogP contribution in [0.2, 0.25) is 0 Å². The first kappa shape index (κ1) is 11.5. The number of halogens is 1. The fourth-order valence-corrected chi connectivity index (χ4v) is 2.73. The maximum absolute atomic E-state index is 10.9. The third kappa shape index (κ3) is 1.94. The number of carbonyl (C=O) groups is 1. The molecular weight excluding hydrogens is 272 g/mol. The number of benzene rings is 1. The van der Waals surface area contributed by atoms with Crippen LogP contribution in [-0.2, 0) is 10.2 Å². The molecule has 0 heterocycles. The average Bonchev–Trinajstić information content (AvgIpc) is 2.15. The molecule has 0 saturated heterocycles. The molecule has 1 aromatic carbocycles. The Labute approximate surface area is 102 Å². The second-order valence-electron chi connectivity index (χ2n) is 4.37. The fourth-order valence-electron chi connectivity index (χ4n) is 2.37. The normalized spacial score (nSPS) is 17.8. The van der Waals surface area contributed by atoms with E-state index in [0.29, 0.717) is 0 Å². The van der Waals surface area contributed by atoms with Gasteiger partial charge in [-0.25, -0.2) is 0 Å². The molecule has 0 atom stereocenters. The van der Waals surface area contributed by atoms with Gasteiger partial charge in [0.25, 0.3) is 0 Å². The number of phenolic OH excluding ortho intramolecular Hbond substituents is 1. The van der Waals surface area contributed by atoms with Crippen LogP contribution >= 0.6 is 15.9 Å². The van der Waals surface area contributed by atoms with Crippen LogP contribution < -0.4 is 0 Å². The zero-order valence-corrected chi connectivity index (χ0v) is 10.3. The summed E-state index contributed by atoms with van der Waals surface area (Å²) in [6.45, 7) is 0. The fraction of sp³-hybridized carbons (Fsp3) is 0.417. The molecule has 1 aliphatic rings. The lowest BCUT2D eigenvalue weighted by atomic mass is 9.62. The van der Waals surface area contributed by atoms with Crippen molar-refractivity contribution in [3.8, 4) is 5.75 Å². The van der Waals surface area contributed by atoms with Crippen molar-refractivity contribution in [2.45, 2.75) is 31.1 Å². The van der Waals surface area contributed by atoms with Gasteiger partial charge in [0.15, 0.2) is 0 Å². The van der Waals surface area contributed by atoms with E-state index in [4.69, 9.17) is 5.11 Å². The zero-order valence-electron chi connectivity index (χ0n) is 8.74. The molecule has 0 spiro atoms. The first-order chi connectivity index (χ1) is 7.53. The number of phenols is 1. The van der Waals surface area contributed by atoms with E-state index in [9.17, 15) is 9.90 Å². The van der Waals surface area contributed by atoms with Gasteiger partial charge < -0.3 is 10.2 Å². The molecule has 16 heavy (non-hydrogen) atoms. The lowest BCUT2D eigenvalue weighted by Gasteiger charge is -2.41. The van der Waals surface area contributed by atoms with Crippen molar-refractivity contribution in [3.63, 3.8) is 0 Å². The minimum Gasteiger partial charge on any atom is -0.508 e. The third-order valence-electron chi connectivity index (χ3n) is 3.33. The summed E-state index contributed by atoms with van der Waals surface area (Å²) in [5.41, 5.74) is 0.398. The second kappa shape index (κ2) is 4.09. The van der Waals surface area contributed by atoms with E-state index >= 15 is 0 Å². The van der Waals surface area contributed by atoms with Crippen molar-refractivity contribution in [3.05, 3.63) is 28.2 Å². The Morgan fingerprint density at radius 3 is 2.62 bits per heavy atom. The summed E-state index contributed by atoms with van der Waals surface area (Å²) in [4.78, 5) is 10.9. The van der Waals surface area contributed by atoms with E-state index < -0.39 is 5.97 Å². The van der Waals surface area contributed by atoms with Crippen LogP contribution in [0.1, 0.15) is 31.2 Å². The molecule has 0 unspecified atom stereocenters. The SMILES string of the molecule is O=C(O)CC1(c2cc(Br)ccc2O)CCC1. The number of carboxylic acids is 1. The van der Waals surface area contributed by atoms with Gasteiger partial charge in [-0.3, -0.25) is 4.79 Å². The highest BCUT2D eigenvalue weighted by atomic mass is 79.9. The van der Waals surface area contributed by atoms with Crippen LogP contribution in [0.15, 0.2) is 22.7 Å². The summed E-state index contributed by atoms with van der Waals surface area (Å²) in [5.74, 6) is -0.608. The van der Waals surface area contributed by atoms with Crippen LogP contribution in [0.5, 0.6) is 5.75 Å². The summed E-state index contributed by atoms with van der Waals surface area (Å²) in [6, 6.07) is 5.20. The Balaban J connectivity index is 2.39. The summed E-state index contributed by atoms with van der Waals surface area (Å²) in [7, 11) is 0. The van der Waals surface area contributed by atoms with Crippen molar-refractivity contribution >= 4 is 21.9 Å².